The summed E-state index contributed by atoms with van der Waals surface area (Å²) < 4.78 is 16.8. The molecule has 0 bridgehead atoms. The number of hydrogen-bond donors (Lipinski definition) is 0. The number of rotatable bonds is 50. The quantitative estimate of drug-likeness (QED) is 0.0262. The van der Waals surface area contributed by atoms with Crippen molar-refractivity contribution in [2.75, 3.05) is 13.2 Å². The Morgan fingerprint density at radius 1 is 0.323 bits per heavy atom. The molecule has 0 heterocycles. The molecule has 0 aliphatic heterocycles. The zero-order valence-electron chi connectivity index (χ0n) is 43.0. The van der Waals surface area contributed by atoms with E-state index in [1.54, 1.807) is 0 Å². The molecular formula is C59H104O6. The van der Waals surface area contributed by atoms with Crippen LogP contribution in [0.15, 0.2) is 60.8 Å². The average molecular weight is 909 g/mol. The number of unbranched alkanes of at least 4 members (excludes halogenated alkanes) is 29. The predicted octanol–water partition coefficient (Wildman–Crippen LogP) is 18.4. The summed E-state index contributed by atoms with van der Waals surface area (Å²) in [7, 11) is 0. The first-order valence-electron chi connectivity index (χ1n) is 27.8. The topological polar surface area (TPSA) is 78.9 Å². The first kappa shape index (κ1) is 62.1. The van der Waals surface area contributed by atoms with Crippen molar-refractivity contribution in [3.8, 4) is 0 Å². The van der Waals surface area contributed by atoms with E-state index in [2.05, 4.69) is 81.5 Å². The molecule has 0 unspecified atom stereocenters. The van der Waals surface area contributed by atoms with E-state index < -0.39 is 6.10 Å². The molecule has 0 aliphatic rings. The maximum absolute atomic E-state index is 12.8. The molecule has 0 aliphatic carbocycles. The van der Waals surface area contributed by atoms with E-state index >= 15 is 0 Å². The smallest absolute Gasteiger partial charge is 0.306 e. The van der Waals surface area contributed by atoms with Gasteiger partial charge in [-0.25, -0.2) is 0 Å². The summed E-state index contributed by atoms with van der Waals surface area (Å²) in [4.78, 5) is 38.1. The molecule has 0 saturated carbocycles. The Morgan fingerprint density at radius 3 is 0.938 bits per heavy atom. The summed E-state index contributed by atoms with van der Waals surface area (Å²) in [5.41, 5.74) is 0. The van der Waals surface area contributed by atoms with Crippen molar-refractivity contribution < 1.29 is 28.6 Å². The number of ether oxygens (including phenoxy) is 3. The summed E-state index contributed by atoms with van der Waals surface area (Å²) in [5, 5.41) is 0. The minimum atomic E-state index is -0.784. The summed E-state index contributed by atoms with van der Waals surface area (Å²) in [5.74, 6) is -0.902. The fourth-order valence-electron chi connectivity index (χ4n) is 7.88. The molecule has 0 amide bonds. The van der Waals surface area contributed by atoms with Gasteiger partial charge in [-0.05, 0) is 64.2 Å². The standard InChI is InChI=1S/C59H104O6/c1-4-7-10-13-16-19-22-25-28-29-30-31-32-35-37-40-43-46-49-52-58(61)64-55-56(65-59(62)53-50-47-44-41-38-34-27-24-21-18-15-12-9-6-3)54-63-57(60)51-48-45-42-39-36-33-26-23-20-17-14-11-8-5-2/h7,10,16,19,25,28,30-31,35,37,56H,4-6,8-9,11-15,17-18,20-24,26-27,29,32-34,36,38-55H2,1-3H3/b10-7-,19-16-,28-25-,31-30-,37-35-/t56-/m1/s1. The van der Waals surface area contributed by atoms with Crippen LogP contribution in [-0.4, -0.2) is 37.2 Å². The van der Waals surface area contributed by atoms with Crippen LogP contribution in [0.25, 0.3) is 0 Å². The van der Waals surface area contributed by atoms with Crippen LogP contribution in [0.4, 0.5) is 0 Å². The summed E-state index contributed by atoms with van der Waals surface area (Å²) in [6.07, 6.45) is 66.3. The van der Waals surface area contributed by atoms with Gasteiger partial charge in [-0.3, -0.25) is 14.4 Å². The van der Waals surface area contributed by atoms with Crippen molar-refractivity contribution in [3.05, 3.63) is 60.8 Å². The number of hydrogen-bond acceptors (Lipinski definition) is 6. The molecule has 0 fully saturated rings. The molecule has 6 heteroatoms. The summed E-state index contributed by atoms with van der Waals surface area (Å²) in [6.45, 7) is 6.52. The molecule has 6 nitrogen and oxygen atoms in total. The molecule has 0 N–H and O–H groups in total. The van der Waals surface area contributed by atoms with Crippen molar-refractivity contribution in [1.82, 2.24) is 0 Å². The Labute approximate surface area is 402 Å². The van der Waals surface area contributed by atoms with E-state index in [-0.39, 0.29) is 31.1 Å². The van der Waals surface area contributed by atoms with E-state index in [4.69, 9.17) is 14.2 Å². The van der Waals surface area contributed by atoms with E-state index in [0.717, 1.165) is 96.3 Å². The van der Waals surface area contributed by atoms with Gasteiger partial charge >= 0.3 is 17.9 Å². The van der Waals surface area contributed by atoms with Gasteiger partial charge in [0.2, 0.25) is 0 Å². The maximum Gasteiger partial charge on any atom is 0.306 e. The fraction of sp³-hybridized carbons (Fsp3) is 0.780. The molecule has 1 atom stereocenters. The average Bonchev–Trinajstić information content (AvgIpc) is 3.30. The van der Waals surface area contributed by atoms with E-state index in [0.29, 0.717) is 19.3 Å². The highest BCUT2D eigenvalue weighted by Crippen LogP contribution is 2.16. The summed E-state index contributed by atoms with van der Waals surface area (Å²) in [6, 6.07) is 0. The lowest BCUT2D eigenvalue weighted by molar-refractivity contribution is -0.167. The molecule has 0 saturated heterocycles. The van der Waals surface area contributed by atoms with Crippen molar-refractivity contribution in [3.63, 3.8) is 0 Å². The number of carbonyl (C=O) groups is 3. The van der Waals surface area contributed by atoms with Crippen LogP contribution in [0.3, 0.4) is 0 Å². The van der Waals surface area contributed by atoms with Gasteiger partial charge in [-0.15, -0.1) is 0 Å². The Balaban J connectivity index is 4.41. The zero-order chi connectivity index (χ0) is 47.2. The van der Waals surface area contributed by atoms with E-state index in [1.807, 2.05) is 0 Å². The Bertz CT molecular complexity index is 1180. The van der Waals surface area contributed by atoms with Crippen LogP contribution < -0.4 is 0 Å². The monoisotopic (exact) mass is 909 g/mol. The van der Waals surface area contributed by atoms with Crippen molar-refractivity contribution in [1.29, 1.82) is 0 Å². The van der Waals surface area contributed by atoms with Gasteiger partial charge in [0.05, 0.1) is 0 Å². The van der Waals surface area contributed by atoms with Crippen molar-refractivity contribution in [2.45, 2.75) is 284 Å². The second kappa shape index (κ2) is 53.7. The van der Waals surface area contributed by atoms with Gasteiger partial charge in [-0.2, -0.15) is 0 Å². The highest BCUT2D eigenvalue weighted by Gasteiger charge is 2.19. The van der Waals surface area contributed by atoms with E-state index in [9.17, 15) is 14.4 Å². The molecule has 0 spiro atoms. The van der Waals surface area contributed by atoms with Gasteiger partial charge in [0.1, 0.15) is 13.2 Å². The molecule has 0 aromatic heterocycles. The third-order valence-electron chi connectivity index (χ3n) is 12.0. The van der Waals surface area contributed by atoms with Crippen LogP contribution in [0.2, 0.25) is 0 Å². The maximum atomic E-state index is 12.8. The van der Waals surface area contributed by atoms with Crippen LogP contribution in [0, 0.1) is 0 Å². The lowest BCUT2D eigenvalue weighted by Crippen LogP contribution is -2.30. The largest absolute Gasteiger partial charge is 0.462 e. The minimum Gasteiger partial charge on any atom is -0.462 e. The molecule has 0 radical (unpaired) electrons. The van der Waals surface area contributed by atoms with Crippen LogP contribution in [0.5, 0.6) is 0 Å². The minimum absolute atomic E-state index is 0.0809. The third kappa shape index (κ3) is 51.9. The van der Waals surface area contributed by atoms with E-state index in [1.165, 1.54) is 141 Å². The van der Waals surface area contributed by atoms with Gasteiger partial charge in [0.15, 0.2) is 6.10 Å². The highest BCUT2D eigenvalue weighted by molar-refractivity contribution is 5.71. The lowest BCUT2D eigenvalue weighted by Gasteiger charge is -2.18. The first-order chi connectivity index (χ1) is 32.0. The second-order valence-corrected chi connectivity index (χ2v) is 18.5. The molecule has 65 heavy (non-hydrogen) atoms. The highest BCUT2D eigenvalue weighted by atomic mass is 16.6. The predicted molar refractivity (Wildman–Crippen MR) is 279 cm³/mol. The normalized spacial score (nSPS) is 12.5. The van der Waals surface area contributed by atoms with Gasteiger partial charge in [0, 0.05) is 19.3 Å². The second-order valence-electron chi connectivity index (χ2n) is 18.5. The first-order valence-corrected chi connectivity index (χ1v) is 27.8. The number of esters is 3. The number of carbonyl (C=O) groups excluding carboxylic acids is 3. The lowest BCUT2D eigenvalue weighted by atomic mass is 10.0. The van der Waals surface area contributed by atoms with Gasteiger partial charge < -0.3 is 14.2 Å². The Morgan fingerprint density at radius 2 is 0.600 bits per heavy atom. The molecule has 0 aromatic carbocycles. The zero-order valence-corrected chi connectivity index (χ0v) is 43.0. The fourth-order valence-corrected chi connectivity index (χ4v) is 7.88. The molecule has 0 aromatic rings. The van der Waals surface area contributed by atoms with Gasteiger partial charge in [-0.1, -0.05) is 255 Å². The van der Waals surface area contributed by atoms with Crippen molar-refractivity contribution in [2.24, 2.45) is 0 Å². The third-order valence-corrected chi connectivity index (χ3v) is 12.0. The van der Waals surface area contributed by atoms with Crippen LogP contribution in [0.1, 0.15) is 278 Å². The Kier molecular flexibility index (Phi) is 51.3. The van der Waals surface area contributed by atoms with Gasteiger partial charge in [0.25, 0.3) is 0 Å². The van der Waals surface area contributed by atoms with Crippen LogP contribution >= 0.6 is 0 Å². The van der Waals surface area contributed by atoms with Crippen molar-refractivity contribution >= 4 is 17.9 Å². The SMILES string of the molecule is CC/C=C\C/C=C\C/C=C\C/C=C\C/C=C\CCCCCC(=O)OC[C@@H](COC(=O)CCCCCCCCCCCCCCCC)OC(=O)CCCCCCCCCCCCCCCC. The molecule has 0 rings (SSSR count). The molecule has 376 valence electrons. The van der Waals surface area contributed by atoms with Crippen LogP contribution in [-0.2, 0) is 28.6 Å². The molecular weight excluding hydrogens is 805 g/mol. The number of allylic oxidation sites excluding steroid dienone is 10. The summed E-state index contributed by atoms with van der Waals surface area (Å²) >= 11 is 0. The Hall–Kier alpha value is -2.89.